The van der Waals surface area contributed by atoms with E-state index < -0.39 is 23.5 Å². The van der Waals surface area contributed by atoms with Crippen LogP contribution in [0.15, 0.2) is 30.3 Å². The van der Waals surface area contributed by atoms with Crippen LogP contribution in [0, 0.1) is 17.2 Å². The average molecular weight is 289 g/mol. The lowest BCUT2D eigenvalue weighted by Crippen LogP contribution is -2.48. The second kappa shape index (κ2) is 7.44. The van der Waals surface area contributed by atoms with Crippen molar-refractivity contribution in [1.29, 1.82) is 5.26 Å². The number of nitriles is 1. The Morgan fingerprint density at radius 2 is 1.90 bits per heavy atom. The van der Waals surface area contributed by atoms with E-state index in [0.717, 1.165) is 0 Å². The van der Waals surface area contributed by atoms with Crippen molar-refractivity contribution < 1.29 is 19.1 Å². The number of nitrogens with zero attached hydrogens (tertiary/aromatic N) is 1. The van der Waals surface area contributed by atoms with Crippen LogP contribution in [-0.2, 0) is 14.3 Å². The van der Waals surface area contributed by atoms with Crippen LogP contribution in [0.1, 0.15) is 37.6 Å². The third-order valence-corrected chi connectivity index (χ3v) is 3.31. The van der Waals surface area contributed by atoms with Crippen LogP contribution in [0.4, 0.5) is 0 Å². The van der Waals surface area contributed by atoms with E-state index >= 15 is 0 Å². The van der Waals surface area contributed by atoms with Gasteiger partial charge < -0.3 is 9.47 Å². The van der Waals surface area contributed by atoms with Crippen molar-refractivity contribution in [3.8, 4) is 6.07 Å². The van der Waals surface area contributed by atoms with Gasteiger partial charge in [-0.1, -0.05) is 32.0 Å². The Hall–Kier alpha value is -2.35. The highest BCUT2D eigenvalue weighted by atomic mass is 16.6. The van der Waals surface area contributed by atoms with Gasteiger partial charge in [0, 0.05) is 5.92 Å². The molecule has 0 amide bonds. The molecule has 1 aromatic carbocycles. The predicted octanol–water partition coefficient (Wildman–Crippen LogP) is 2.71. The van der Waals surface area contributed by atoms with Gasteiger partial charge >= 0.3 is 11.9 Å². The van der Waals surface area contributed by atoms with Gasteiger partial charge in [0.05, 0.1) is 12.2 Å². The maximum Gasteiger partial charge on any atom is 0.366 e. The zero-order chi connectivity index (χ0) is 15.9. The van der Waals surface area contributed by atoms with Crippen molar-refractivity contribution >= 4 is 11.9 Å². The zero-order valence-electron chi connectivity index (χ0n) is 12.5. The van der Waals surface area contributed by atoms with E-state index in [4.69, 9.17) is 9.47 Å². The minimum absolute atomic E-state index is 0.113. The van der Waals surface area contributed by atoms with E-state index in [2.05, 4.69) is 0 Å². The summed E-state index contributed by atoms with van der Waals surface area (Å²) >= 11 is 0. The molecule has 1 rings (SSSR count). The first-order valence-corrected chi connectivity index (χ1v) is 6.88. The molecular formula is C16H19NO4. The van der Waals surface area contributed by atoms with Gasteiger partial charge in [-0.25, -0.2) is 9.59 Å². The summed E-state index contributed by atoms with van der Waals surface area (Å²) in [7, 11) is 0. The Bertz CT molecular complexity index is 535. The number of hydrogen-bond donors (Lipinski definition) is 0. The fraction of sp³-hybridized carbons (Fsp3) is 0.438. The summed E-state index contributed by atoms with van der Waals surface area (Å²) in [5.74, 6) is -2.02. The highest BCUT2D eigenvalue weighted by molar-refractivity contribution is 5.94. The molecule has 0 N–H and O–H groups in total. The first kappa shape index (κ1) is 16.7. The smallest absolute Gasteiger partial charge is 0.366 e. The normalized spacial score (nSPS) is 14.4. The molecule has 0 aromatic heterocycles. The van der Waals surface area contributed by atoms with Crippen LogP contribution < -0.4 is 0 Å². The van der Waals surface area contributed by atoms with Gasteiger partial charge in [0.25, 0.3) is 5.60 Å². The molecular weight excluding hydrogens is 270 g/mol. The quantitative estimate of drug-likeness (QED) is 0.752. The SMILES string of the molecule is CCOC(=O)C(C#N)(OC(=O)c1ccccc1)C(C)CC. The van der Waals surface area contributed by atoms with Crippen LogP contribution in [0.25, 0.3) is 0 Å². The monoisotopic (exact) mass is 289 g/mol. The molecule has 1 aromatic rings. The van der Waals surface area contributed by atoms with Crippen LogP contribution >= 0.6 is 0 Å². The maximum absolute atomic E-state index is 12.2. The lowest BCUT2D eigenvalue weighted by molar-refractivity contribution is -0.164. The van der Waals surface area contributed by atoms with E-state index in [1.807, 2.05) is 13.0 Å². The van der Waals surface area contributed by atoms with Crippen LogP contribution in [0.5, 0.6) is 0 Å². The third kappa shape index (κ3) is 3.60. The van der Waals surface area contributed by atoms with E-state index in [9.17, 15) is 14.9 Å². The first-order chi connectivity index (χ1) is 10.0. The van der Waals surface area contributed by atoms with E-state index in [1.54, 1.807) is 44.2 Å². The average Bonchev–Trinajstić information content (AvgIpc) is 2.52. The summed E-state index contributed by atoms with van der Waals surface area (Å²) in [6, 6.07) is 10.1. The van der Waals surface area contributed by atoms with Crippen molar-refractivity contribution in [2.45, 2.75) is 32.8 Å². The summed E-state index contributed by atoms with van der Waals surface area (Å²) < 4.78 is 10.2. The van der Waals surface area contributed by atoms with Gasteiger partial charge in [-0.05, 0) is 25.5 Å². The van der Waals surface area contributed by atoms with Gasteiger partial charge in [0.15, 0.2) is 0 Å². The Kier molecular flexibility index (Phi) is 5.92. The molecule has 0 aliphatic heterocycles. The topological polar surface area (TPSA) is 76.4 Å². The number of rotatable bonds is 6. The Balaban J connectivity index is 3.11. The number of carbonyl (C=O) groups excluding carboxylic acids is 2. The number of carbonyl (C=O) groups is 2. The van der Waals surface area contributed by atoms with Crippen LogP contribution in [0.3, 0.4) is 0 Å². The molecule has 0 bridgehead atoms. The summed E-state index contributed by atoms with van der Waals surface area (Å²) in [6.07, 6.45) is 0.494. The van der Waals surface area contributed by atoms with Gasteiger partial charge in [0.2, 0.25) is 0 Å². The largest absolute Gasteiger partial charge is 0.462 e. The Morgan fingerprint density at radius 3 is 2.38 bits per heavy atom. The Labute approximate surface area is 124 Å². The molecule has 0 heterocycles. The van der Waals surface area contributed by atoms with Gasteiger partial charge in [0.1, 0.15) is 6.07 Å². The molecule has 0 spiro atoms. The zero-order valence-corrected chi connectivity index (χ0v) is 12.5. The summed E-state index contributed by atoms with van der Waals surface area (Å²) in [5, 5.41) is 9.44. The molecule has 2 unspecified atom stereocenters. The Morgan fingerprint density at radius 1 is 1.29 bits per heavy atom. The predicted molar refractivity (Wildman–Crippen MR) is 76.3 cm³/mol. The molecule has 0 saturated heterocycles. The van der Waals surface area contributed by atoms with E-state index in [-0.39, 0.29) is 12.2 Å². The van der Waals surface area contributed by atoms with Gasteiger partial charge in [-0.15, -0.1) is 0 Å². The third-order valence-electron chi connectivity index (χ3n) is 3.31. The van der Waals surface area contributed by atoms with Crippen molar-refractivity contribution in [1.82, 2.24) is 0 Å². The molecule has 0 fully saturated rings. The highest BCUT2D eigenvalue weighted by Gasteiger charge is 2.49. The minimum Gasteiger partial charge on any atom is -0.462 e. The number of ether oxygens (including phenoxy) is 2. The van der Waals surface area contributed by atoms with Crippen molar-refractivity contribution in [3.63, 3.8) is 0 Å². The van der Waals surface area contributed by atoms with Crippen LogP contribution in [-0.4, -0.2) is 24.1 Å². The molecule has 112 valence electrons. The summed E-state index contributed by atoms with van der Waals surface area (Å²) in [4.78, 5) is 24.3. The second-order valence-corrected chi connectivity index (χ2v) is 4.63. The molecule has 0 radical (unpaired) electrons. The number of benzene rings is 1. The van der Waals surface area contributed by atoms with Crippen LogP contribution in [0.2, 0.25) is 0 Å². The van der Waals surface area contributed by atoms with Crippen molar-refractivity contribution in [3.05, 3.63) is 35.9 Å². The lowest BCUT2D eigenvalue weighted by Gasteiger charge is -2.29. The molecule has 0 aliphatic carbocycles. The van der Waals surface area contributed by atoms with Gasteiger partial charge in [-0.2, -0.15) is 5.26 Å². The van der Waals surface area contributed by atoms with Crippen molar-refractivity contribution in [2.24, 2.45) is 5.92 Å². The molecule has 21 heavy (non-hydrogen) atoms. The standard InChI is InChI=1S/C16H19NO4/c1-4-12(3)16(11-17,15(19)20-5-2)21-14(18)13-9-7-6-8-10-13/h6-10,12H,4-5H2,1-3H3. The maximum atomic E-state index is 12.2. The first-order valence-electron chi connectivity index (χ1n) is 6.88. The highest BCUT2D eigenvalue weighted by Crippen LogP contribution is 2.27. The van der Waals surface area contributed by atoms with Crippen molar-refractivity contribution in [2.75, 3.05) is 6.61 Å². The minimum atomic E-state index is -1.92. The number of hydrogen-bond acceptors (Lipinski definition) is 5. The second-order valence-electron chi connectivity index (χ2n) is 4.63. The van der Waals surface area contributed by atoms with Gasteiger partial charge in [-0.3, -0.25) is 0 Å². The lowest BCUT2D eigenvalue weighted by atomic mass is 9.87. The summed E-state index contributed by atoms with van der Waals surface area (Å²) in [6.45, 7) is 5.24. The van der Waals surface area contributed by atoms with E-state index in [0.29, 0.717) is 6.42 Å². The molecule has 5 heteroatoms. The number of esters is 2. The molecule has 2 atom stereocenters. The molecule has 5 nitrogen and oxygen atoms in total. The molecule has 0 saturated carbocycles. The molecule has 0 aliphatic rings. The van der Waals surface area contributed by atoms with E-state index in [1.165, 1.54) is 0 Å². The summed E-state index contributed by atoms with van der Waals surface area (Å²) in [5.41, 5.74) is -1.64. The fourth-order valence-corrected chi connectivity index (χ4v) is 1.83. The fourth-order valence-electron chi connectivity index (χ4n) is 1.83.